The number of hydrogen-bond donors (Lipinski definition) is 0. The minimum Gasteiger partial charge on any atom is -0.358 e. The molecule has 0 aromatic carbocycles. The molecule has 0 heterocycles. The molecule has 0 aromatic heterocycles. The van der Waals surface area contributed by atoms with Gasteiger partial charge in [0.15, 0.2) is 0 Å². The molecule has 0 aliphatic heterocycles. The molecular formula is C111H250Fe6Ru. The van der Waals surface area contributed by atoms with E-state index in [4.69, 9.17) is 0 Å². The summed E-state index contributed by atoms with van der Waals surface area (Å²) in [6.45, 7) is 32.7. The second kappa shape index (κ2) is 149. The van der Waals surface area contributed by atoms with Crippen LogP contribution in [0, 0.1) is 187 Å². The molecular weight excluding hydrogens is 1770 g/mol. The molecule has 0 aromatic rings. The van der Waals surface area contributed by atoms with Crippen molar-refractivity contribution in [1.82, 2.24) is 0 Å². The van der Waals surface area contributed by atoms with Crippen LogP contribution in [0.5, 0.6) is 0 Å². The zero-order chi connectivity index (χ0) is 65.9. The molecule has 0 spiro atoms. The third-order valence-corrected chi connectivity index (χ3v) is 25.8. The zero-order valence-corrected chi connectivity index (χ0v) is 90.8. The third kappa shape index (κ3) is 124. The number of rotatable bonds is 6. The largest absolute Gasteiger partial charge is 2.00 e. The van der Waals surface area contributed by atoms with E-state index in [0.29, 0.717) is 0 Å². The van der Waals surface area contributed by atoms with E-state index < -0.39 is 0 Å². The van der Waals surface area contributed by atoms with Crippen molar-refractivity contribution in [3.05, 3.63) is 104 Å². The predicted molar refractivity (Wildman–Crippen MR) is 551 cm³/mol. The summed E-state index contributed by atoms with van der Waals surface area (Å²) in [6, 6.07) is 0. The van der Waals surface area contributed by atoms with Gasteiger partial charge in [-0.25, -0.2) is 0 Å². The minimum absolute atomic E-state index is 0. The monoisotopic (exact) mass is 2020 g/mol. The van der Waals surface area contributed by atoms with Gasteiger partial charge in [0.1, 0.15) is 0 Å². The van der Waals surface area contributed by atoms with Crippen LogP contribution in [-0.2, 0) is 122 Å². The SMILES string of the molecule is C.C.C.C.C.C.C.C1CCCC1.C1CCCC1.C1CCCC1.CC1CCCC1.CC1CCCC1.CC1CCCC1.CC1CCCC1.CC1CCCC1.CC1CCCC1C.CCC1CCCC1.CCC1CCCC1.CCC1CCCC1.CCC1CCCC1C.CCC1CCCC1CC.[CH3-].[CH3-].[CH3-].[CH3-].[CH3-].[CH3-].[CH3-].[CH3-].[CH3-].[CH3-].[CH3-].[CH3-].[CH3-].[CH3-].[Fe+2].[Fe+2].[Fe+2].[Fe+2].[Fe+2].[Fe+2].[Ru+2]. The maximum Gasteiger partial charge on any atom is 2.00 e. The average molecular weight is 2020 g/mol. The second-order valence-corrected chi connectivity index (χ2v) is 34.2. The molecule has 14 saturated carbocycles. The molecule has 14 rings (SSSR count). The van der Waals surface area contributed by atoms with Crippen LogP contribution in [0.2, 0.25) is 0 Å². The molecule has 0 nitrogen and oxygen atoms in total. The summed E-state index contributed by atoms with van der Waals surface area (Å²) in [6.07, 6.45) is 92.2. The summed E-state index contributed by atoms with van der Waals surface area (Å²) in [5, 5.41) is 0. The summed E-state index contributed by atoms with van der Waals surface area (Å²) < 4.78 is 0. The normalized spacial score (nSPS) is 21.5. The summed E-state index contributed by atoms with van der Waals surface area (Å²) in [5.74, 6) is 14.8. The Hall–Kier alpha value is 3.74. The van der Waals surface area contributed by atoms with Gasteiger partial charge in [-0.3, -0.25) is 0 Å². The van der Waals surface area contributed by atoms with Crippen LogP contribution in [0.25, 0.3) is 0 Å². The quantitative estimate of drug-likeness (QED) is 0.184. The maximum absolute atomic E-state index is 2.39. The Morgan fingerprint density at radius 2 is 0.271 bits per heavy atom. The molecule has 0 saturated heterocycles. The van der Waals surface area contributed by atoms with E-state index in [1.807, 2.05) is 0 Å². The van der Waals surface area contributed by atoms with Crippen LogP contribution in [0.3, 0.4) is 0 Å². The fraction of sp³-hybridized carbons (Fsp3) is 0.874. The Kier molecular flexibility index (Phi) is 255. The van der Waals surface area contributed by atoms with Crippen LogP contribution < -0.4 is 0 Å². The predicted octanol–water partition coefficient (Wildman–Crippen LogP) is 43.8. The van der Waals surface area contributed by atoms with E-state index in [1.165, 1.54) is 398 Å². The molecule has 0 radical (unpaired) electrons. The molecule has 118 heavy (non-hydrogen) atoms. The van der Waals surface area contributed by atoms with Gasteiger partial charge in [-0.15, -0.1) is 0 Å². The zero-order valence-electron chi connectivity index (χ0n) is 82.4. The molecule has 14 fully saturated rings. The van der Waals surface area contributed by atoms with Crippen molar-refractivity contribution in [2.45, 2.75) is 547 Å². The molecule has 0 bridgehead atoms. The first-order chi connectivity index (χ1) is 43.8. The summed E-state index contributed by atoms with van der Waals surface area (Å²) in [4.78, 5) is 0. The van der Waals surface area contributed by atoms with Gasteiger partial charge in [0.2, 0.25) is 0 Å². The third-order valence-electron chi connectivity index (χ3n) is 25.8. The first kappa shape index (κ1) is 202. The van der Waals surface area contributed by atoms with Gasteiger partial charge in [0.25, 0.3) is 0 Å². The molecule has 14 aliphatic rings. The molecule has 750 valence electrons. The molecule has 0 N–H and O–H groups in total. The summed E-state index contributed by atoms with van der Waals surface area (Å²) in [7, 11) is 0. The Morgan fingerprint density at radius 3 is 0.356 bits per heavy atom. The molecule has 6 atom stereocenters. The summed E-state index contributed by atoms with van der Waals surface area (Å²) >= 11 is 0. The van der Waals surface area contributed by atoms with Crippen molar-refractivity contribution in [3.8, 4) is 0 Å². The van der Waals surface area contributed by atoms with Crippen molar-refractivity contribution in [2.75, 3.05) is 0 Å². The fourth-order valence-corrected chi connectivity index (χ4v) is 17.9. The van der Waals surface area contributed by atoms with Gasteiger partial charge in [0.05, 0.1) is 0 Å². The standard InChI is InChI=1S/C9H18.C8H16.4C7H14.5C6H12.3C5H10.7CH4.14CH3.6Fe.Ru/c1-3-8-6-5-7-9(8)4-2;1-3-8-6-4-5-7(8)2;1-6-4-3-5-7(6)2;3*1-2-7-5-3-4-6-7;5*1-6-4-2-3-5-6;3*1-2-4-5-3-1;;;;;;;;;;;;;;;;;;;;;;;;;;;;/h8-9H,3-7H2,1-2H3;7-8H,3-6H2,1-2H3;6-7H,3-5H2,1-2H3;3*7H,2-6H2,1H3;5*6H,2-5H2,1H3;3*1-5H2;7*1H4;14*1H3;;;;;;;/q;;;;;;;;;;;;;;;;;;;;;14*-1;7*+2. The van der Waals surface area contributed by atoms with Crippen molar-refractivity contribution < 1.29 is 122 Å². The first-order valence-corrected chi connectivity index (χ1v) is 43.8. The van der Waals surface area contributed by atoms with Gasteiger partial charge in [-0.1, -0.05) is 547 Å². The van der Waals surface area contributed by atoms with Gasteiger partial charge in [-0.05, 0) is 82.9 Å². The van der Waals surface area contributed by atoms with Crippen molar-refractivity contribution in [2.24, 2.45) is 82.9 Å². The van der Waals surface area contributed by atoms with E-state index >= 15 is 0 Å². The Labute approximate surface area is 847 Å². The fourth-order valence-electron chi connectivity index (χ4n) is 17.9. The van der Waals surface area contributed by atoms with Gasteiger partial charge >= 0.3 is 122 Å². The Bertz CT molecular complexity index is 1190. The van der Waals surface area contributed by atoms with Crippen LogP contribution in [0.15, 0.2) is 0 Å². The Morgan fingerprint density at radius 1 is 0.144 bits per heavy atom. The second-order valence-electron chi connectivity index (χ2n) is 34.2. The van der Waals surface area contributed by atoms with E-state index in [2.05, 4.69) is 96.9 Å². The van der Waals surface area contributed by atoms with Crippen LogP contribution in [0.4, 0.5) is 0 Å². The van der Waals surface area contributed by atoms with Crippen LogP contribution in [0.1, 0.15) is 547 Å². The Balaban J connectivity index is -0.0000000280. The van der Waals surface area contributed by atoms with Crippen LogP contribution >= 0.6 is 0 Å². The van der Waals surface area contributed by atoms with E-state index in [1.54, 1.807) is 0 Å². The topological polar surface area (TPSA) is 0 Å². The maximum atomic E-state index is 2.39. The molecule has 14 aliphatic carbocycles. The number of hydrogen-bond acceptors (Lipinski definition) is 0. The average Bonchev–Trinajstić information content (AvgIpc) is 1.79. The smallest absolute Gasteiger partial charge is 0.358 e. The van der Waals surface area contributed by atoms with Gasteiger partial charge in [0, 0.05) is 0 Å². The van der Waals surface area contributed by atoms with Crippen LogP contribution in [-0.4, -0.2) is 0 Å². The van der Waals surface area contributed by atoms with E-state index in [-0.39, 0.29) is 278 Å². The van der Waals surface area contributed by atoms with Crippen molar-refractivity contribution >= 4 is 0 Å². The molecule has 6 unspecified atom stereocenters. The van der Waals surface area contributed by atoms with Gasteiger partial charge < -0.3 is 104 Å². The van der Waals surface area contributed by atoms with Gasteiger partial charge in [-0.2, -0.15) is 0 Å². The van der Waals surface area contributed by atoms with Crippen molar-refractivity contribution in [1.29, 1.82) is 0 Å². The molecule has 7 heteroatoms. The summed E-state index contributed by atoms with van der Waals surface area (Å²) in [5.41, 5.74) is 0. The van der Waals surface area contributed by atoms with Crippen molar-refractivity contribution in [3.63, 3.8) is 0 Å². The minimum atomic E-state index is 0. The van der Waals surface area contributed by atoms with E-state index in [0.717, 1.165) is 82.9 Å². The van der Waals surface area contributed by atoms with E-state index in [9.17, 15) is 0 Å². The first-order valence-electron chi connectivity index (χ1n) is 43.8. The molecule has 0 amide bonds.